The number of carbonyl (C=O) groups is 2. The number of carbonyl (C=O) groups excluding carboxylic acids is 2. The van der Waals surface area contributed by atoms with Crippen LogP contribution in [0, 0.1) is 6.92 Å². The van der Waals surface area contributed by atoms with Crippen LogP contribution in [0.3, 0.4) is 0 Å². The molecule has 0 saturated heterocycles. The molecule has 0 aromatic heterocycles. The first-order chi connectivity index (χ1) is 13.3. The molecule has 0 aliphatic rings. The lowest BCUT2D eigenvalue weighted by Crippen LogP contribution is -2.48. The van der Waals surface area contributed by atoms with E-state index in [2.05, 4.69) is 5.32 Å². The molecule has 2 rings (SSSR count). The highest BCUT2D eigenvalue weighted by Crippen LogP contribution is 2.24. The monoisotopic (exact) mass is 438 g/mol. The van der Waals surface area contributed by atoms with Gasteiger partial charge in [-0.25, -0.2) is 0 Å². The molecule has 0 spiro atoms. The van der Waals surface area contributed by atoms with Gasteiger partial charge in [0.2, 0.25) is 11.8 Å². The molecule has 2 aromatic rings. The summed E-state index contributed by atoms with van der Waals surface area (Å²) in [5, 5.41) is 3.77. The maximum absolute atomic E-state index is 13.0. The second kappa shape index (κ2) is 10.7. The maximum Gasteiger partial charge on any atom is 0.242 e. The Kier molecular flexibility index (Phi) is 8.67. The van der Waals surface area contributed by atoms with E-state index in [9.17, 15) is 9.59 Å². The minimum atomic E-state index is -0.613. The summed E-state index contributed by atoms with van der Waals surface area (Å²) in [7, 11) is 0. The van der Waals surface area contributed by atoms with Crippen molar-refractivity contribution in [3.05, 3.63) is 63.6 Å². The first kappa shape index (κ1) is 22.6. The summed E-state index contributed by atoms with van der Waals surface area (Å²) in [6.07, 6.45) is 0. The minimum absolute atomic E-state index is 0.129. The topological polar surface area (TPSA) is 49.4 Å². The highest BCUT2D eigenvalue weighted by Gasteiger charge is 2.26. The van der Waals surface area contributed by atoms with Crippen LogP contribution < -0.4 is 5.32 Å². The van der Waals surface area contributed by atoms with Crippen LogP contribution in [0.5, 0.6) is 0 Å². The smallest absolute Gasteiger partial charge is 0.242 e. The molecule has 0 aliphatic heterocycles. The van der Waals surface area contributed by atoms with Crippen LogP contribution in [-0.4, -0.2) is 35.1 Å². The number of nitrogens with one attached hydrogen (secondary N) is 1. The summed E-state index contributed by atoms with van der Waals surface area (Å²) >= 11 is 13.7. The zero-order valence-electron chi connectivity index (χ0n) is 16.2. The SMILES string of the molecule is CCNC(=O)C(C)N(Cc1ccc(Cl)cc1Cl)C(=O)CSc1ccc(C)cc1. The van der Waals surface area contributed by atoms with Crippen molar-refractivity contribution < 1.29 is 9.59 Å². The Bertz CT molecular complexity index is 828. The van der Waals surface area contributed by atoms with E-state index in [1.165, 1.54) is 17.3 Å². The molecule has 4 nitrogen and oxygen atoms in total. The summed E-state index contributed by atoms with van der Waals surface area (Å²) in [4.78, 5) is 27.9. The number of nitrogens with zero attached hydrogens (tertiary/aromatic N) is 1. The summed E-state index contributed by atoms with van der Waals surface area (Å²) in [6, 6.07) is 12.5. The van der Waals surface area contributed by atoms with Gasteiger partial charge in [-0.05, 0) is 50.6 Å². The number of hydrogen-bond donors (Lipinski definition) is 1. The highest BCUT2D eigenvalue weighted by molar-refractivity contribution is 8.00. The van der Waals surface area contributed by atoms with Gasteiger partial charge in [-0.15, -0.1) is 11.8 Å². The normalized spacial score (nSPS) is 11.8. The van der Waals surface area contributed by atoms with Gasteiger partial charge in [-0.2, -0.15) is 0 Å². The molecule has 28 heavy (non-hydrogen) atoms. The molecular formula is C21H24Cl2N2O2S. The summed E-state index contributed by atoms with van der Waals surface area (Å²) in [6.45, 7) is 6.33. The van der Waals surface area contributed by atoms with Gasteiger partial charge >= 0.3 is 0 Å². The lowest BCUT2D eigenvalue weighted by Gasteiger charge is -2.29. The van der Waals surface area contributed by atoms with Crippen LogP contribution in [0.25, 0.3) is 0 Å². The van der Waals surface area contributed by atoms with Crippen LogP contribution in [0.15, 0.2) is 47.4 Å². The van der Waals surface area contributed by atoms with E-state index in [1.807, 2.05) is 38.1 Å². The molecule has 0 heterocycles. The molecular weight excluding hydrogens is 415 g/mol. The van der Waals surface area contributed by atoms with E-state index >= 15 is 0 Å². The molecule has 2 amide bonds. The molecule has 7 heteroatoms. The van der Waals surface area contributed by atoms with Crippen LogP contribution in [0.2, 0.25) is 10.0 Å². The zero-order chi connectivity index (χ0) is 20.7. The third-order valence-corrected chi connectivity index (χ3v) is 5.84. The fourth-order valence-corrected chi connectivity index (χ4v) is 3.85. The molecule has 1 atom stereocenters. The van der Waals surface area contributed by atoms with Gasteiger partial charge in [0.05, 0.1) is 5.75 Å². The lowest BCUT2D eigenvalue weighted by molar-refractivity contribution is -0.138. The Labute approximate surface area is 180 Å². The van der Waals surface area contributed by atoms with Crippen molar-refractivity contribution in [1.29, 1.82) is 0 Å². The number of aryl methyl sites for hydroxylation is 1. The number of rotatable bonds is 8. The van der Waals surface area contributed by atoms with E-state index < -0.39 is 6.04 Å². The van der Waals surface area contributed by atoms with E-state index in [4.69, 9.17) is 23.2 Å². The number of halogens is 2. The van der Waals surface area contributed by atoms with E-state index in [0.717, 1.165) is 10.5 Å². The fraction of sp³-hybridized carbons (Fsp3) is 0.333. The van der Waals surface area contributed by atoms with Crippen LogP contribution in [0.1, 0.15) is 25.0 Å². The quantitative estimate of drug-likeness (QED) is 0.593. The van der Waals surface area contributed by atoms with Crippen LogP contribution >= 0.6 is 35.0 Å². The Hall–Kier alpha value is -1.69. The second-order valence-corrected chi connectivity index (χ2v) is 8.32. The Balaban J connectivity index is 2.17. The average Bonchev–Trinajstić information content (AvgIpc) is 2.66. The Morgan fingerprint density at radius 3 is 2.43 bits per heavy atom. The number of thioether (sulfide) groups is 1. The first-order valence-corrected chi connectivity index (χ1v) is 10.8. The van der Waals surface area contributed by atoms with Crippen molar-refractivity contribution in [2.45, 2.75) is 38.3 Å². The Morgan fingerprint density at radius 1 is 1.14 bits per heavy atom. The Morgan fingerprint density at radius 2 is 1.82 bits per heavy atom. The number of hydrogen-bond acceptors (Lipinski definition) is 3. The highest BCUT2D eigenvalue weighted by atomic mass is 35.5. The third kappa shape index (κ3) is 6.43. The summed E-state index contributed by atoms with van der Waals surface area (Å²) in [5.74, 6) is -0.0884. The van der Waals surface area contributed by atoms with Crippen LogP contribution in [0.4, 0.5) is 0 Å². The maximum atomic E-state index is 13.0. The molecule has 0 fully saturated rings. The molecule has 0 radical (unpaired) electrons. The van der Waals surface area contributed by atoms with Crippen molar-refractivity contribution in [3.63, 3.8) is 0 Å². The predicted octanol–water partition coefficient (Wildman–Crippen LogP) is 4.95. The van der Waals surface area contributed by atoms with Gasteiger partial charge in [0.15, 0.2) is 0 Å². The molecule has 1 unspecified atom stereocenters. The molecule has 2 aromatic carbocycles. The van der Waals surface area contributed by atoms with Crippen molar-refractivity contribution in [1.82, 2.24) is 10.2 Å². The van der Waals surface area contributed by atoms with Gasteiger partial charge in [-0.1, -0.05) is 47.0 Å². The number of likely N-dealkylation sites (N-methyl/N-ethyl adjacent to an activating group) is 1. The molecule has 1 N–H and O–H groups in total. The minimum Gasteiger partial charge on any atom is -0.355 e. The number of benzene rings is 2. The zero-order valence-corrected chi connectivity index (χ0v) is 18.5. The van der Waals surface area contributed by atoms with Gasteiger partial charge in [0.1, 0.15) is 6.04 Å². The van der Waals surface area contributed by atoms with E-state index in [-0.39, 0.29) is 24.1 Å². The largest absolute Gasteiger partial charge is 0.355 e. The van der Waals surface area contributed by atoms with Gasteiger partial charge < -0.3 is 10.2 Å². The number of amides is 2. The summed E-state index contributed by atoms with van der Waals surface area (Å²) < 4.78 is 0. The predicted molar refractivity (Wildman–Crippen MR) is 117 cm³/mol. The van der Waals surface area contributed by atoms with Gasteiger partial charge in [0.25, 0.3) is 0 Å². The van der Waals surface area contributed by atoms with Gasteiger partial charge in [0, 0.05) is 28.0 Å². The third-order valence-electron chi connectivity index (χ3n) is 4.26. The molecule has 0 bridgehead atoms. The molecule has 150 valence electrons. The van der Waals surface area contributed by atoms with E-state index in [0.29, 0.717) is 16.6 Å². The first-order valence-electron chi connectivity index (χ1n) is 9.02. The standard InChI is InChI=1S/C21H24Cl2N2O2S/c1-4-24-21(27)15(3)25(12-16-7-8-17(22)11-19(16)23)20(26)13-28-18-9-5-14(2)6-10-18/h5-11,15H,4,12-13H2,1-3H3,(H,24,27). The average molecular weight is 439 g/mol. The van der Waals surface area contributed by atoms with Crippen molar-refractivity contribution in [3.8, 4) is 0 Å². The van der Waals surface area contributed by atoms with Crippen molar-refractivity contribution >= 4 is 46.8 Å². The molecule has 0 saturated carbocycles. The molecule has 0 aliphatic carbocycles. The van der Waals surface area contributed by atoms with E-state index in [1.54, 1.807) is 30.0 Å². The van der Waals surface area contributed by atoms with Crippen molar-refractivity contribution in [2.24, 2.45) is 0 Å². The lowest BCUT2D eigenvalue weighted by atomic mass is 10.1. The van der Waals surface area contributed by atoms with Gasteiger partial charge in [-0.3, -0.25) is 9.59 Å². The second-order valence-electron chi connectivity index (χ2n) is 6.43. The van der Waals surface area contributed by atoms with Crippen LogP contribution in [-0.2, 0) is 16.1 Å². The fourth-order valence-electron chi connectivity index (χ4n) is 2.60. The summed E-state index contributed by atoms with van der Waals surface area (Å²) in [5.41, 5.74) is 1.91. The van der Waals surface area contributed by atoms with Crippen molar-refractivity contribution in [2.75, 3.05) is 12.3 Å².